The van der Waals surface area contributed by atoms with Crippen molar-refractivity contribution in [1.29, 1.82) is 0 Å². The predicted octanol–water partition coefficient (Wildman–Crippen LogP) is 3.18. The molecule has 6 nitrogen and oxygen atoms in total. The van der Waals surface area contributed by atoms with Crippen molar-refractivity contribution in [1.82, 2.24) is 0 Å². The van der Waals surface area contributed by atoms with E-state index in [-0.39, 0.29) is 29.5 Å². The van der Waals surface area contributed by atoms with Crippen LogP contribution in [-0.4, -0.2) is 32.5 Å². The van der Waals surface area contributed by atoms with Crippen LogP contribution < -0.4 is 14.4 Å². The van der Waals surface area contributed by atoms with Gasteiger partial charge in [0.15, 0.2) is 6.73 Å². The van der Waals surface area contributed by atoms with Gasteiger partial charge < -0.3 is 19.1 Å². The van der Waals surface area contributed by atoms with Crippen LogP contribution in [0.5, 0.6) is 11.5 Å². The van der Waals surface area contributed by atoms with E-state index in [4.69, 9.17) is 14.2 Å². The second-order valence-corrected chi connectivity index (χ2v) is 5.64. The third kappa shape index (κ3) is 3.01. The van der Waals surface area contributed by atoms with Crippen molar-refractivity contribution in [2.75, 3.05) is 25.9 Å². The minimum atomic E-state index is -0.708. The zero-order valence-corrected chi connectivity index (χ0v) is 14.8. The van der Waals surface area contributed by atoms with E-state index in [1.165, 1.54) is 14.2 Å². The highest BCUT2D eigenvalue weighted by atomic mass is 16.5. The first kappa shape index (κ1) is 17.5. The Bertz CT molecular complexity index is 851. The molecule has 0 fully saturated rings. The van der Waals surface area contributed by atoms with Crippen LogP contribution in [-0.2, 0) is 9.53 Å². The van der Waals surface area contributed by atoms with E-state index in [0.29, 0.717) is 5.76 Å². The van der Waals surface area contributed by atoms with Gasteiger partial charge in [-0.15, -0.1) is 0 Å². The van der Waals surface area contributed by atoms with Gasteiger partial charge >= 0.3 is 0 Å². The molecule has 0 saturated carbocycles. The van der Waals surface area contributed by atoms with Gasteiger partial charge in [0.05, 0.1) is 14.2 Å². The van der Waals surface area contributed by atoms with Crippen LogP contribution in [0.3, 0.4) is 0 Å². The van der Waals surface area contributed by atoms with E-state index in [0.717, 1.165) is 5.69 Å². The number of carbonyl (C=O) groups excluding carboxylic acids is 2. The SMILES string of the molecule is COc1cccc(OC)c1C(=O)C(=O)C1=C(C)OCN1c1ccccc1. The van der Waals surface area contributed by atoms with Gasteiger partial charge in [-0.05, 0) is 31.2 Å². The standard InChI is InChI=1S/C20H19NO5/c1-13-18(21(12-26-13)14-8-5-4-6-9-14)20(23)19(22)17-15(24-2)10-7-11-16(17)25-3/h4-11H,12H2,1-3H3. The van der Waals surface area contributed by atoms with E-state index in [1.54, 1.807) is 30.0 Å². The number of allylic oxidation sites excluding steroid dienone is 2. The summed E-state index contributed by atoms with van der Waals surface area (Å²) >= 11 is 0. The number of carbonyl (C=O) groups is 2. The first-order valence-electron chi connectivity index (χ1n) is 8.04. The van der Waals surface area contributed by atoms with Gasteiger partial charge in [-0.2, -0.15) is 0 Å². The molecule has 2 aromatic carbocycles. The van der Waals surface area contributed by atoms with Gasteiger partial charge in [0, 0.05) is 5.69 Å². The zero-order chi connectivity index (χ0) is 18.7. The number of benzene rings is 2. The zero-order valence-electron chi connectivity index (χ0n) is 14.8. The number of hydrogen-bond donors (Lipinski definition) is 0. The van der Waals surface area contributed by atoms with Crippen LogP contribution in [0.4, 0.5) is 5.69 Å². The second-order valence-electron chi connectivity index (χ2n) is 5.64. The maximum absolute atomic E-state index is 13.0. The van der Waals surface area contributed by atoms with Crippen LogP contribution in [0.2, 0.25) is 0 Å². The van der Waals surface area contributed by atoms with Crippen molar-refractivity contribution >= 4 is 17.3 Å². The molecule has 0 amide bonds. The molecule has 2 aromatic rings. The Labute approximate surface area is 151 Å². The summed E-state index contributed by atoms with van der Waals surface area (Å²) in [5.41, 5.74) is 1.09. The van der Waals surface area contributed by atoms with Gasteiger partial charge in [-0.1, -0.05) is 24.3 Å². The largest absolute Gasteiger partial charge is 0.496 e. The Kier molecular flexibility index (Phi) is 4.93. The maximum atomic E-state index is 13.0. The molecule has 0 radical (unpaired) electrons. The average Bonchev–Trinajstić information content (AvgIpc) is 3.08. The lowest BCUT2D eigenvalue weighted by molar-refractivity contribution is -0.112. The van der Waals surface area contributed by atoms with Crippen LogP contribution in [0.1, 0.15) is 17.3 Å². The van der Waals surface area contributed by atoms with Gasteiger partial charge in [0.25, 0.3) is 5.78 Å². The molecule has 26 heavy (non-hydrogen) atoms. The molecule has 0 saturated heterocycles. The number of ketones is 2. The molecule has 1 aliphatic heterocycles. The highest BCUT2D eigenvalue weighted by Crippen LogP contribution is 2.33. The Morgan fingerprint density at radius 2 is 1.54 bits per heavy atom. The molecule has 1 aliphatic rings. The van der Waals surface area contributed by atoms with Crippen molar-refractivity contribution < 1.29 is 23.8 Å². The third-order valence-corrected chi connectivity index (χ3v) is 4.16. The Hall–Kier alpha value is -3.28. The fraction of sp³-hybridized carbons (Fsp3) is 0.200. The van der Waals surface area contributed by atoms with Crippen molar-refractivity contribution in [3.8, 4) is 11.5 Å². The van der Waals surface area contributed by atoms with E-state index < -0.39 is 11.6 Å². The molecule has 0 N–H and O–H groups in total. The van der Waals surface area contributed by atoms with Gasteiger partial charge in [0.1, 0.15) is 28.5 Å². The molecule has 0 unspecified atom stereocenters. The summed E-state index contributed by atoms with van der Waals surface area (Å²) < 4.78 is 16.0. The number of Topliss-reactive ketones (excluding diaryl/α,β-unsaturated/α-hetero) is 2. The third-order valence-electron chi connectivity index (χ3n) is 4.16. The highest BCUT2D eigenvalue weighted by Gasteiger charge is 2.35. The van der Waals surface area contributed by atoms with Crippen LogP contribution in [0.25, 0.3) is 0 Å². The van der Waals surface area contributed by atoms with Crippen LogP contribution in [0, 0.1) is 0 Å². The lowest BCUT2D eigenvalue weighted by atomic mass is 10.0. The number of rotatable bonds is 6. The molecule has 1 heterocycles. The summed E-state index contributed by atoms with van der Waals surface area (Å²) in [6.07, 6.45) is 0. The molecule has 0 bridgehead atoms. The van der Waals surface area contributed by atoms with Gasteiger partial charge in [0.2, 0.25) is 5.78 Å². The van der Waals surface area contributed by atoms with Crippen LogP contribution >= 0.6 is 0 Å². The molecular weight excluding hydrogens is 334 g/mol. The minimum absolute atomic E-state index is 0.0997. The summed E-state index contributed by atoms with van der Waals surface area (Å²) in [4.78, 5) is 27.7. The average molecular weight is 353 g/mol. The molecule has 0 atom stereocenters. The molecule has 0 aliphatic carbocycles. The Balaban J connectivity index is 2.01. The quantitative estimate of drug-likeness (QED) is 0.587. The summed E-state index contributed by atoms with van der Waals surface area (Å²) in [7, 11) is 2.88. The van der Waals surface area contributed by atoms with Crippen LogP contribution in [0.15, 0.2) is 60.0 Å². The fourth-order valence-electron chi connectivity index (χ4n) is 2.87. The second kappa shape index (κ2) is 7.31. The molecule has 134 valence electrons. The van der Waals surface area contributed by atoms with Gasteiger partial charge in [-0.25, -0.2) is 0 Å². The molecule has 0 spiro atoms. The number of para-hydroxylation sites is 1. The molecular formula is C20H19NO5. The first-order chi connectivity index (χ1) is 12.6. The van der Waals surface area contributed by atoms with E-state index in [9.17, 15) is 9.59 Å². The highest BCUT2D eigenvalue weighted by molar-refractivity contribution is 6.50. The van der Waals surface area contributed by atoms with Crippen molar-refractivity contribution in [3.05, 3.63) is 65.6 Å². The topological polar surface area (TPSA) is 65.1 Å². The lowest BCUT2D eigenvalue weighted by Gasteiger charge is -2.19. The first-order valence-corrected chi connectivity index (χ1v) is 8.04. The minimum Gasteiger partial charge on any atom is -0.496 e. The van der Waals surface area contributed by atoms with Crippen molar-refractivity contribution in [3.63, 3.8) is 0 Å². The maximum Gasteiger partial charge on any atom is 0.253 e. The summed E-state index contributed by atoms with van der Waals surface area (Å²) in [6.45, 7) is 1.84. The van der Waals surface area contributed by atoms with Gasteiger partial charge in [-0.3, -0.25) is 9.59 Å². The Morgan fingerprint density at radius 1 is 0.923 bits per heavy atom. The predicted molar refractivity (Wildman–Crippen MR) is 96.5 cm³/mol. The molecule has 6 heteroatoms. The van der Waals surface area contributed by atoms with Crippen molar-refractivity contribution in [2.45, 2.75) is 6.92 Å². The number of hydrogen-bond acceptors (Lipinski definition) is 6. The van der Waals surface area contributed by atoms with E-state index >= 15 is 0 Å². The number of nitrogens with zero attached hydrogens (tertiary/aromatic N) is 1. The lowest BCUT2D eigenvalue weighted by Crippen LogP contribution is -2.29. The fourth-order valence-corrected chi connectivity index (χ4v) is 2.87. The van der Waals surface area contributed by atoms with E-state index in [2.05, 4.69) is 0 Å². The number of methoxy groups -OCH3 is 2. The summed E-state index contributed by atoms with van der Waals surface area (Å²) in [5.74, 6) is -0.412. The smallest absolute Gasteiger partial charge is 0.253 e. The number of anilines is 1. The monoisotopic (exact) mass is 353 g/mol. The normalized spacial score (nSPS) is 13.4. The number of ether oxygens (including phenoxy) is 3. The van der Waals surface area contributed by atoms with E-state index in [1.807, 2.05) is 30.3 Å². The van der Waals surface area contributed by atoms with Crippen molar-refractivity contribution in [2.24, 2.45) is 0 Å². The summed E-state index contributed by atoms with van der Waals surface area (Å²) in [5, 5.41) is 0. The molecule has 3 rings (SSSR count). The Morgan fingerprint density at radius 3 is 2.12 bits per heavy atom. The molecule has 0 aromatic heterocycles. The summed E-state index contributed by atoms with van der Waals surface area (Å²) in [6, 6.07) is 14.2.